The van der Waals surface area contributed by atoms with Gasteiger partial charge in [-0.1, -0.05) is 0 Å². The van der Waals surface area contributed by atoms with Crippen LogP contribution in [0.4, 0.5) is 0 Å². The lowest BCUT2D eigenvalue weighted by atomic mass is 10.3. The predicted octanol–water partition coefficient (Wildman–Crippen LogP) is 2.84. The van der Waals surface area contributed by atoms with Crippen molar-refractivity contribution in [2.24, 2.45) is 7.05 Å². The van der Waals surface area contributed by atoms with Crippen LogP contribution in [0.15, 0.2) is 22.0 Å². The van der Waals surface area contributed by atoms with Crippen LogP contribution in [0.2, 0.25) is 0 Å². The molecule has 5 heteroatoms. The van der Waals surface area contributed by atoms with Crippen molar-refractivity contribution in [3.63, 3.8) is 0 Å². The molecule has 0 spiro atoms. The summed E-state index contributed by atoms with van der Waals surface area (Å²) in [6, 6.07) is 4.25. The highest BCUT2D eigenvalue weighted by Crippen LogP contribution is 2.19. The Bertz CT molecular complexity index is 475. The zero-order valence-electron chi connectivity index (χ0n) is 9.33. The Balaban J connectivity index is 1.86. The number of aromatic nitrogens is 2. The second-order valence-corrected chi connectivity index (χ2v) is 5.65. The van der Waals surface area contributed by atoms with Gasteiger partial charge in [0.25, 0.3) is 0 Å². The van der Waals surface area contributed by atoms with Crippen LogP contribution < -0.4 is 5.32 Å². The molecule has 2 aromatic heterocycles. The summed E-state index contributed by atoms with van der Waals surface area (Å²) >= 11 is 5.21. The Morgan fingerprint density at radius 1 is 1.44 bits per heavy atom. The quantitative estimate of drug-likeness (QED) is 0.941. The number of hydrogen-bond donors (Lipinski definition) is 1. The van der Waals surface area contributed by atoms with Crippen LogP contribution in [0.5, 0.6) is 0 Å². The highest BCUT2D eigenvalue weighted by molar-refractivity contribution is 9.10. The van der Waals surface area contributed by atoms with Crippen molar-refractivity contribution in [3.8, 4) is 0 Å². The molecule has 0 amide bonds. The summed E-state index contributed by atoms with van der Waals surface area (Å²) in [5.74, 6) is 0. The van der Waals surface area contributed by atoms with Crippen molar-refractivity contribution in [1.82, 2.24) is 15.1 Å². The number of thiophene rings is 1. The molecule has 0 aliphatic heterocycles. The van der Waals surface area contributed by atoms with E-state index in [1.54, 1.807) is 11.3 Å². The maximum Gasteiger partial charge on any atom is 0.0597 e. The van der Waals surface area contributed by atoms with Gasteiger partial charge in [-0.25, -0.2) is 0 Å². The van der Waals surface area contributed by atoms with Crippen molar-refractivity contribution in [1.29, 1.82) is 0 Å². The van der Waals surface area contributed by atoms with Crippen molar-refractivity contribution < 1.29 is 0 Å². The van der Waals surface area contributed by atoms with Gasteiger partial charge in [0.15, 0.2) is 0 Å². The average molecular weight is 300 g/mol. The van der Waals surface area contributed by atoms with E-state index >= 15 is 0 Å². The van der Waals surface area contributed by atoms with E-state index in [1.165, 1.54) is 10.6 Å². The number of aryl methyl sites for hydroxylation is 2. The zero-order chi connectivity index (χ0) is 11.5. The van der Waals surface area contributed by atoms with E-state index in [9.17, 15) is 0 Å². The van der Waals surface area contributed by atoms with Crippen LogP contribution in [-0.2, 0) is 20.1 Å². The lowest BCUT2D eigenvalue weighted by molar-refractivity contribution is 0.628. The number of nitrogens with one attached hydrogen (secondary N) is 1. The molecule has 0 saturated heterocycles. The fourth-order valence-corrected chi connectivity index (χ4v) is 3.01. The Kier molecular flexibility index (Phi) is 3.78. The maximum atomic E-state index is 4.31. The Labute approximate surface area is 108 Å². The highest BCUT2D eigenvalue weighted by atomic mass is 79.9. The van der Waals surface area contributed by atoms with Gasteiger partial charge in [-0.2, -0.15) is 5.10 Å². The van der Waals surface area contributed by atoms with E-state index in [2.05, 4.69) is 43.9 Å². The molecule has 0 unspecified atom stereocenters. The summed E-state index contributed by atoms with van der Waals surface area (Å²) in [6.45, 7) is 3.77. The van der Waals surface area contributed by atoms with Gasteiger partial charge in [0.05, 0.1) is 11.4 Å². The average Bonchev–Trinajstić information content (AvgIpc) is 2.74. The highest BCUT2D eigenvalue weighted by Gasteiger charge is 2.02. The number of hydrogen-bond acceptors (Lipinski definition) is 3. The Morgan fingerprint density at radius 3 is 2.81 bits per heavy atom. The molecule has 0 radical (unpaired) electrons. The third-order valence-electron chi connectivity index (χ3n) is 2.33. The molecule has 1 N–H and O–H groups in total. The molecular weight excluding hydrogens is 286 g/mol. The van der Waals surface area contributed by atoms with E-state index in [4.69, 9.17) is 0 Å². The first-order chi connectivity index (χ1) is 7.65. The van der Waals surface area contributed by atoms with Crippen molar-refractivity contribution in [2.75, 3.05) is 0 Å². The maximum absolute atomic E-state index is 4.31. The molecule has 2 rings (SSSR count). The lowest BCUT2D eigenvalue weighted by Gasteiger charge is -2.03. The minimum absolute atomic E-state index is 0.854. The summed E-state index contributed by atoms with van der Waals surface area (Å²) < 4.78 is 3.08. The molecule has 0 saturated carbocycles. The van der Waals surface area contributed by atoms with Gasteiger partial charge in [0.1, 0.15) is 0 Å². The summed E-state index contributed by atoms with van der Waals surface area (Å²) in [4.78, 5) is 1.34. The molecule has 16 heavy (non-hydrogen) atoms. The largest absolute Gasteiger partial charge is 0.306 e. The Morgan fingerprint density at radius 2 is 2.25 bits per heavy atom. The van der Waals surface area contributed by atoms with Crippen LogP contribution >= 0.6 is 27.3 Å². The molecule has 0 fully saturated rings. The fraction of sp³-hybridized carbons (Fsp3) is 0.364. The molecule has 2 heterocycles. The summed E-state index contributed by atoms with van der Waals surface area (Å²) in [5.41, 5.74) is 2.28. The summed E-state index contributed by atoms with van der Waals surface area (Å²) in [7, 11) is 1.98. The van der Waals surface area contributed by atoms with E-state index in [0.29, 0.717) is 0 Å². The van der Waals surface area contributed by atoms with Crippen LogP contribution in [-0.4, -0.2) is 9.78 Å². The first-order valence-corrected chi connectivity index (χ1v) is 6.75. The predicted molar refractivity (Wildman–Crippen MR) is 70.5 cm³/mol. The van der Waals surface area contributed by atoms with Gasteiger partial charge >= 0.3 is 0 Å². The number of nitrogens with zero attached hydrogens (tertiary/aromatic N) is 2. The van der Waals surface area contributed by atoms with Crippen molar-refractivity contribution in [3.05, 3.63) is 38.3 Å². The zero-order valence-corrected chi connectivity index (χ0v) is 11.7. The topological polar surface area (TPSA) is 29.9 Å². The smallest absolute Gasteiger partial charge is 0.0597 e. The third kappa shape index (κ3) is 2.93. The fourth-order valence-electron chi connectivity index (χ4n) is 1.59. The number of rotatable bonds is 4. The molecule has 2 aromatic rings. The molecular formula is C11H14BrN3S. The van der Waals surface area contributed by atoms with Gasteiger partial charge in [-0.15, -0.1) is 11.3 Å². The van der Waals surface area contributed by atoms with Gasteiger partial charge < -0.3 is 5.32 Å². The second-order valence-electron chi connectivity index (χ2n) is 3.74. The standard InChI is InChI=1S/C11H14BrN3S/c1-8-3-10(15(2)14-8)5-13-6-11-4-9(12)7-16-11/h3-4,7,13H,5-6H2,1-2H3. The molecule has 0 bridgehead atoms. The molecule has 86 valence electrons. The van der Waals surface area contributed by atoms with Gasteiger partial charge in [0, 0.05) is 34.9 Å². The minimum Gasteiger partial charge on any atom is -0.306 e. The van der Waals surface area contributed by atoms with Crippen LogP contribution in [0.25, 0.3) is 0 Å². The van der Waals surface area contributed by atoms with Gasteiger partial charge in [-0.05, 0) is 35.0 Å². The molecule has 3 nitrogen and oxygen atoms in total. The van der Waals surface area contributed by atoms with Crippen molar-refractivity contribution in [2.45, 2.75) is 20.0 Å². The molecule has 0 atom stereocenters. The van der Waals surface area contributed by atoms with Crippen LogP contribution in [0, 0.1) is 6.92 Å². The molecule has 0 aromatic carbocycles. The first kappa shape index (κ1) is 11.8. The Hall–Kier alpha value is -0.650. The molecule has 0 aliphatic carbocycles. The normalized spacial score (nSPS) is 10.9. The molecule has 0 aliphatic rings. The monoisotopic (exact) mass is 299 g/mol. The lowest BCUT2D eigenvalue weighted by Crippen LogP contribution is -2.14. The van der Waals surface area contributed by atoms with Gasteiger partial charge in [-0.3, -0.25) is 4.68 Å². The SMILES string of the molecule is Cc1cc(CNCc2cc(Br)cs2)n(C)n1. The van der Waals surface area contributed by atoms with E-state index in [-0.39, 0.29) is 0 Å². The first-order valence-electron chi connectivity index (χ1n) is 5.08. The number of halogens is 1. The van der Waals surface area contributed by atoms with Crippen molar-refractivity contribution >= 4 is 27.3 Å². The minimum atomic E-state index is 0.854. The summed E-state index contributed by atoms with van der Waals surface area (Å²) in [6.07, 6.45) is 0. The van der Waals surface area contributed by atoms with E-state index < -0.39 is 0 Å². The van der Waals surface area contributed by atoms with Gasteiger partial charge in [0.2, 0.25) is 0 Å². The van der Waals surface area contributed by atoms with Crippen LogP contribution in [0.3, 0.4) is 0 Å². The van der Waals surface area contributed by atoms with E-state index in [1.807, 2.05) is 18.7 Å². The van der Waals surface area contributed by atoms with E-state index in [0.717, 1.165) is 23.3 Å². The summed E-state index contributed by atoms with van der Waals surface area (Å²) in [5, 5.41) is 9.83. The third-order valence-corrected chi connectivity index (χ3v) is 4.02. The second kappa shape index (κ2) is 5.12. The van der Waals surface area contributed by atoms with Crippen LogP contribution in [0.1, 0.15) is 16.3 Å².